The summed E-state index contributed by atoms with van der Waals surface area (Å²) in [6.07, 6.45) is 0. The maximum absolute atomic E-state index is 16.9. The molecule has 0 fully saturated rings. The highest BCUT2D eigenvalue weighted by molar-refractivity contribution is 7.91. The van der Waals surface area contributed by atoms with Gasteiger partial charge in [0.1, 0.15) is 23.0 Å². The van der Waals surface area contributed by atoms with E-state index in [1.165, 1.54) is 0 Å². The van der Waals surface area contributed by atoms with Crippen LogP contribution in [0.25, 0.3) is 49.4 Å². The average molecular weight is 1340 g/mol. The van der Waals surface area contributed by atoms with Crippen LogP contribution in [0, 0.1) is 6.57 Å². The lowest BCUT2D eigenvalue weighted by atomic mass is 9.60. The van der Waals surface area contributed by atoms with Crippen LogP contribution in [0.3, 0.4) is 0 Å². The Morgan fingerprint density at radius 1 is 0.314 bits per heavy atom. The van der Waals surface area contributed by atoms with Gasteiger partial charge in [-0.15, -0.1) is 0 Å². The van der Waals surface area contributed by atoms with Crippen molar-refractivity contribution in [2.45, 2.75) is 59.5 Å². The summed E-state index contributed by atoms with van der Waals surface area (Å²) in [6, 6.07) is 111. The van der Waals surface area contributed by atoms with Crippen LogP contribution in [-0.2, 0) is 36.6 Å². The monoisotopic (exact) mass is 1340 g/mol. The van der Waals surface area contributed by atoms with Crippen LogP contribution in [-0.4, -0.2) is 8.42 Å². The molecular weight excluding hydrogens is 1270 g/mol. The van der Waals surface area contributed by atoms with Gasteiger partial charge in [0.2, 0.25) is 5.69 Å². The summed E-state index contributed by atoms with van der Waals surface area (Å²) in [4.78, 5) is 9.37. The molecule has 5 aliphatic heterocycles. The molecule has 19 rings (SSSR count). The lowest BCUT2D eigenvalue weighted by molar-refractivity contribution is -0.105. The summed E-state index contributed by atoms with van der Waals surface area (Å²) < 4.78 is 55.6. The summed E-state index contributed by atoms with van der Waals surface area (Å²) in [6.45, 7) is 18.2. The molecule has 0 atom stereocenters. The number of fused-ring (bicyclic) bond motifs is 17. The normalized spacial score (nSPS) is 15.3. The van der Waals surface area contributed by atoms with Crippen molar-refractivity contribution in [2.75, 3.05) is 9.80 Å². The van der Waals surface area contributed by atoms with Crippen LogP contribution in [0.1, 0.15) is 83.3 Å². The van der Waals surface area contributed by atoms with Crippen molar-refractivity contribution >= 4 is 49.6 Å². The Morgan fingerprint density at radius 3 is 0.922 bits per heavy atom. The number of benzene rings is 14. The molecule has 0 saturated heterocycles. The largest absolute Gasteiger partial charge is 0.457 e. The smallest absolute Gasteiger partial charge is 0.231 e. The first kappa shape index (κ1) is 60.8. The molecule has 14 aromatic rings. The summed E-state index contributed by atoms with van der Waals surface area (Å²) in [5.74, 6) is 2.84. The summed E-state index contributed by atoms with van der Waals surface area (Å²) in [5.41, 5.74) is 15.6. The molecule has 9 heteroatoms. The minimum Gasteiger partial charge on any atom is -0.457 e. The number of ether oxygens (including phenoxy) is 3. The second kappa shape index (κ2) is 22.6. The standard InChI is InChI=1S/C93H65N3O5S/c1-90(2)84-85(91(3,4)101-90)89(102(97,98)67-37-19-10-20-38-67)86(94-5)88(96-78-53-49-65(61-33-15-8-16-34-61)57-74(78)93(75-58-66(50-54-79(75)96)62-35-17-9-18-36-62)70-41-23-27-45-82(70)100-83-46-28-24-42-71(83)93)87(84)95-76-51-47-63(59-29-11-6-12-30-59)55-72(76)92(73-56-64(48-52-77(73)95)60-31-13-7-14-32-60)68-39-21-25-43-80(68)99-81-44-26-22-40-69(81)92/h6-58H,1-4H3. The third-order valence-corrected chi connectivity index (χ3v) is 23.4. The van der Waals surface area contributed by atoms with E-state index in [9.17, 15) is 6.57 Å². The molecule has 8 nitrogen and oxygen atoms in total. The van der Waals surface area contributed by atoms with Gasteiger partial charge in [-0.25, -0.2) is 13.3 Å². The Balaban J connectivity index is 1.04. The molecule has 488 valence electrons. The number of para-hydroxylation sites is 4. The van der Waals surface area contributed by atoms with Crippen molar-refractivity contribution < 1.29 is 22.6 Å². The number of hydrogen-bond donors (Lipinski definition) is 0. The van der Waals surface area contributed by atoms with E-state index in [-0.39, 0.29) is 15.5 Å². The van der Waals surface area contributed by atoms with Crippen molar-refractivity contribution in [3.63, 3.8) is 0 Å². The van der Waals surface area contributed by atoms with E-state index in [1.807, 2.05) is 68.4 Å². The van der Waals surface area contributed by atoms with E-state index in [4.69, 9.17) is 19.1 Å². The van der Waals surface area contributed by atoms with Gasteiger partial charge in [-0.3, -0.25) is 0 Å². The highest BCUT2D eigenvalue weighted by Gasteiger charge is 2.58. The number of anilines is 6. The summed E-state index contributed by atoms with van der Waals surface area (Å²) in [5, 5.41) is 0. The zero-order valence-corrected chi connectivity index (χ0v) is 57.2. The second-order valence-corrected chi connectivity index (χ2v) is 29.8. The molecule has 102 heavy (non-hydrogen) atoms. The fraction of sp³-hybridized carbons (Fsp3) is 0.0860. The SMILES string of the molecule is [C-]#[N+]c1c(N2c3ccc(-c4ccccc4)cc3C3(c4ccccc4Oc4ccccc43)c3cc(-c4ccccc4)ccc32)c(N2c3ccc(-c4ccccc4)cc3C3(c4ccccc4Oc4ccccc43)c3cc(-c4ccccc4)ccc32)c2c(c1S(=O)(=O)c1ccccc1)C(C)(C)OC2(C)C. The fourth-order valence-electron chi connectivity index (χ4n) is 17.6. The van der Waals surface area contributed by atoms with Crippen LogP contribution in [0.5, 0.6) is 23.0 Å². The molecule has 14 aromatic carbocycles. The molecule has 0 bridgehead atoms. The van der Waals surface area contributed by atoms with Gasteiger partial charge in [0.15, 0.2) is 9.84 Å². The van der Waals surface area contributed by atoms with Gasteiger partial charge in [0.05, 0.1) is 61.1 Å². The van der Waals surface area contributed by atoms with E-state index in [1.54, 1.807) is 24.3 Å². The molecule has 2 spiro atoms. The maximum atomic E-state index is 16.9. The topological polar surface area (TPSA) is 72.7 Å². The third kappa shape index (κ3) is 8.67. The Hall–Kier alpha value is -12.3. The van der Waals surface area contributed by atoms with Gasteiger partial charge in [0.25, 0.3) is 0 Å². The van der Waals surface area contributed by atoms with Crippen molar-refractivity contribution in [3.05, 3.63) is 389 Å². The molecule has 0 aromatic heterocycles. The first-order chi connectivity index (χ1) is 49.8. The maximum Gasteiger partial charge on any atom is 0.231 e. The summed E-state index contributed by atoms with van der Waals surface area (Å²) >= 11 is 0. The molecule has 0 unspecified atom stereocenters. The number of rotatable bonds is 8. The molecule has 0 N–H and O–H groups in total. The summed E-state index contributed by atoms with van der Waals surface area (Å²) in [7, 11) is -4.64. The Labute approximate surface area is 594 Å². The second-order valence-electron chi connectivity index (χ2n) is 27.9. The van der Waals surface area contributed by atoms with Crippen molar-refractivity contribution in [2.24, 2.45) is 0 Å². The van der Waals surface area contributed by atoms with Crippen molar-refractivity contribution in [1.82, 2.24) is 0 Å². The van der Waals surface area contributed by atoms with Crippen LogP contribution < -0.4 is 19.3 Å². The van der Waals surface area contributed by atoms with E-state index in [0.29, 0.717) is 34.0 Å². The lowest BCUT2D eigenvalue weighted by Crippen LogP contribution is -2.41. The fourth-order valence-corrected chi connectivity index (χ4v) is 19.4. The molecule has 0 radical (unpaired) electrons. The van der Waals surface area contributed by atoms with Crippen molar-refractivity contribution in [3.8, 4) is 67.5 Å². The predicted molar refractivity (Wildman–Crippen MR) is 407 cm³/mol. The minimum absolute atomic E-state index is 0.0551. The molecule has 0 aliphatic carbocycles. The lowest BCUT2D eigenvalue weighted by Gasteiger charge is -2.51. The van der Waals surface area contributed by atoms with Crippen LogP contribution in [0.4, 0.5) is 39.8 Å². The van der Waals surface area contributed by atoms with E-state index in [2.05, 4.69) is 266 Å². The molecular formula is C93H65N3O5S. The molecule has 5 heterocycles. The zero-order valence-electron chi connectivity index (χ0n) is 56.4. The Kier molecular flexibility index (Phi) is 13.5. The quantitative estimate of drug-likeness (QED) is 0.140. The Morgan fingerprint density at radius 2 is 0.598 bits per heavy atom. The van der Waals surface area contributed by atoms with E-state index >= 15 is 8.42 Å². The number of nitrogens with zero attached hydrogens (tertiary/aromatic N) is 3. The first-order valence-electron chi connectivity index (χ1n) is 34.6. The highest BCUT2D eigenvalue weighted by atomic mass is 32.2. The van der Waals surface area contributed by atoms with E-state index < -0.39 is 31.9 Å². The van der Waals surface area contributed by atoms with Crippen LogP contribution in [0.15, 0.2) is 331 Å². The average Bonchev–Trinajstić information content (AvgIpc) is 0.855. The zero-order chi connectivity index (χ0) is 68.9. The van der Waals surface area contributed by atoms with Crippen LogP contribution >= 0.6 is 0 Å². The van der Waals surface area contributed by atoms with E-state index in [0.717, 1.165) is 123 Å². The minimum atomic E-state index is -4.64. The number of hydrogen-bond acceptors (Lipinski definition) is 7. The Bertz CT molecular complexity index is 5690. The van der Waals surface area contributed by atoms with Gasteiger partial charge in [-0.05, 0) is 179 Å². The van der Waals surface area contributed by atoms with Crippen molar-refractivity contribution in [1.29, 1.82) is 0 Å². The highest BCUT2D eigenvalue weighted by Crippen LogP contribution is 2.72. The predicted octanol–water partition coefficient (Wildman–Crippen LogP) is 23.8. The molecule has 5 aliphatic rings. The van der Waals surface area contributed by atoms with Gasteiger partial charge in [0, 0.05) is 44.8 Å². The molecule has 0 saturated carbocycles. The van der Waals surface area contributed by atoms with Gasteiger partial charge < -0.3 is 24.0 Å². The van der Waals surface area contributed by atoms with Gasteiger partial charge >= 0.3 is 0 Å². The van der Waals surface area contributed by atoms with Gasteiger partial charge in [-0.2, -0.15) is 0 Å². The third-order valence-electron chi connectivity index (χ3n) is 21.6. The number of sulfone groups is 1. The first-order valence-corrected chi connectivity index (χ1v) is 36.1. The van der Waals surface area contributed by atoms with Crippen LogP contribution in [0.2, 0.25) is 0 Å². The molecule has 0 amide bonds. The van der Waals surface area contributed by atoms with Gasteiger partial charge in [-0.1, -0.05) is 237 Å².